The maximum atomic E-state index is 12.4. The third-order valence-corrected chi connectivity index (χ3v) is 32.0. The van der Waals surface area contributed by atoms with E-state index in [2.05, 4.69) is 118 Å². The van der Waals surface area contributed by atoms with Gasteiger partial charge in [-0.3, -0.25) is 9.59 Å². The van der Waals surface area contributed by atoms with E-state index in [0.717, 1.165) is 44.1 Å². The summed E-state index contributed by atoms with van der Waals surface area (Å²) in [4.78, 5) is 26.9. The first-order chi connectivity index (χ1) is 43.6. The number of rotatable bonds is 2. The minimum Gasteiger partial charge on any atom is -0.481 e. The van der Waals surface area contributed by atoms with Gasteiger partial charge in [0.05, 0.1) is 36.6 Å². The fourth-order valence-electron chi connectivity index (χ4n) is 27.6. The topological polar surface area (TPSA) is 138 Å². The van der Waals surface area contributed by atoms with Crippen molar-refractivity contribution in [1.82, 2.24) is 9.80 Å². The number of aliphatic hydroxyl groups excluding tert-OH is 2. The Morgan fingerprint density at radius 2 is 0.783 bits per heavy atom. The van der Waals surface area contributed by atoms with Gasteiger partial charge >= 0.3 is 0 Å². The number of hydrogen-bond acceptors (Lipinski definition) is 10. The first-order valence-electron chi connectivity index (χ1n) is 38.8. The minimum atomic E-state index is -0.833. The van der Waals surface area contributed by atoms with Crippen LogP contribution in [0.3, 0.4) is 0 Å². The van der Waals surface area contributed by atoms with Gasteiger partial charge in [0.15, 0.2) is 11.6 Å². The van der Waals surface area contributed by atoms with E-state index in [-0.39, 0.29) is 40.3 Å². The average Bonchev–Trinajstić information content (AvgIpc) is 1.43. The van der Waals surface area contributed by atoms with Gasteiger partial charge in [-0.05, 0) is 320 Å². The van der Waals surface area contributed by atoms with Crippen molar-refractivity contribution in [3.8, 4) is 0 Å². The van der Waals surface area contributed by atoms with E-state index in [1.807, 2.05) is 0 Å². The molecule has 12 saturated carbocycles. The molecule has 4 heterocycles. The third-order valence-electron chi connectivity index (χ3n) is 32.0. The zero-order valence-corrected chi connectivity index (χ0v) is 60.4. The summed E-state index contributed by atoms with van der Waals surface area (Å²) in [7, 11) is 0. The molecule has 14 unspecified atom stereocenters. The molecule has 0 amide bonds. The van der Waals surface area contributed by atoms with E-state index < -0.39 is 29.8 Å². The number of carbonyl (C=O) groups is 2. The lowest BCUT2D eigenvalue weighted by Gasteiger charge is -2.64. The van der Waals surface area contributed by atoms with E-state index in [4.69, 9.17) is 28.8 Å². The highest BCUT2D eigenvalue weighted by molar-refractivity contribution is 5.80. The van der Waals surface area contributed by atoms with Crippen LogP contribution in [-0.4, -0.2) is 123 Å². The van der Waals surface area contributed by atoms with Crippen molar-refractivity contribution in [2.45, 2.75) is 331 Å². The van der Waals surface area contributed by atoms with Crippen molar-refractivity contribution < 1.29 is 43.9 Å². The Bertz CT molecular complexity index is 2790. The molecule has 0 aromatic rings. The highest BCUT2D eigenvalue weighted by atomic mass is 16.8. The molecule has 92 heavy (non-hydrogen) atoms. The first-order valence-corrected chi connectivity index (χ1v) is 38.8. The number of carboxylic acid groups (broad SMARTS) is 1. The molecule has 12 aliphatic carbocycles. The Labute approximate surface area is 557 Å². The van der Waals surface area contributed by atoms with Gasteiger partial charge in [0.1, 0.15) is 5.78 Å². The second-order valence-corrected chi connectivity index (χ2v) is 36.6. The van der Waals surface area contributed by atoms with Crippen molar-refractivity contribution in [3.63, 3.8) is 0 Å². The summed E-state index contributed by atoms with van der Waals surface area (Å²) in [5, 5.41) is 30.3. The van der Waals surface area contributed by atoms with E-state index in [1.54, 1.807) is 16.7 Å². The lowest BCUT2D eigenvalue weighted by molar-refractivity contribution is -0.215. The number of likely N-dealkylation sites (tertiary alicyclic amines) is 2. The predicted molar refractivity (Wildman–Crippen MR) is 365 cm³/mol. The summed E-state index contributed by atoms with van der Waals surface area (Å²) in [6.45, 7) is 36.6. The number of carboxylic acids is 1. The molecule has 16 aliphatic rings. The first kappa shape index (κ1) is 68.6. The second kappa shape index (κ2) is 25.3. The molecule has 0 bridgehead atoms. The van der Waals surface area contributed by atoms with Crippen molar-refractivity contribution in [1.29, 1.82) is 0 Å². The van der Waals surface area contributed by atoms with Gasteiger partial charge in [-0.25, -0.2) is 0 Å². The number of Topliss-reactive ketones (excluding diaryl/α,β-unsaturated/α-hetero) is 1. The number of aliphatic hydroxyl groups is 2. The molecule has 16 fully saturated rings. The molecule has 11 heteroatoms. The van der Waals surface area contributed by atoms with Crippen LogP contribution < -0.4 is 0 Å². The highest BCUT2D eigenvalue weighted by Crippen LogP contribution is 2.73. The number of nitrogens with zero attached hydrogens (tertiary/aromatic N) is 2. The van der Waals surface area contributed by atoms with Crippen molar-refractivity contribution >= 4 is 11.8 Å². The zero-order chi connectivity index (χ0) is 65.5. The second-order valence-electron chi connectivity index (χ2n) is 36.6. The molecule has 0 spiro atoms. The van der Waals surface area contributed by atoms with Gasteiger partial charge in [-0.2, -0.15) is 0 Å². The number of aliphatic carboxylic acids is 1. The van der Waals surface area contributed by atoms with Crippen LogP contribution in [0.2, 0.25) is 0 Å². The normalized spacial score (nSPS) is 52.4. The number of fused-ring (bicyclic) bond motifs is 21. The van der Waals surface area contributed by atoms with Crippen LogP contribution in [0.5, 0.6) is 0 Å². The molecule has 4 saturated heterocycles. The third kappa shape index (κ3) is 11.3. The Balaban J connectivity index is 0.000000123. The quantitative estimate of drug-likeness (QED) is 0.228. The summed E-state index contributed by atoms with van der Waals surface area (Å²) in [5.74, 6) is 5.51. The van der Waals surface area contributed by atoms with E-state index >= 15 is 0 Å². The van der Waals surface area contributed by atoms with Gasteiger partial charge in [-0.1, -0.05) is 89.3 Å². The number of ether oxygens (including phenoxy) is 4. The van der Waals surface area contributed by atoms with Crippen LogP contribution in [0.25, 0.3) is 0 Å². The summed E-state index contributed by atoms with van der Waals surface area (Å²) in [6.07, 6.45) is 41.0. The molecular weight excluding hydrogens is 1140 g/mol. The average molecular weight is 1280 g/mol. The fraction of sp³-hybridized carbons (Fsp3) is 0.901. The van der Waals surface area contributed by atoms with Crippen LogP contribution in [0.4, 0.5) is 0 Å². The highest BCUT2D eigenvalue weighted by Gasteiger charge is 2.71. The lowest BCUT2D eigenvalue weighted by atomic mass is 9.43. The van der Waals surface area contributed by atoms with E-state index in [0.29, 0.717) is 94.0 Å². The monoisotopic (exact) mass is 1270 g/mol. The van der Waals surface area contributed by atoms with Crippen LogP contribution >= 0.6 is 0 Å². The van der Waals surface area contributed by atoms with Gasteiger partial charge in [-0.15, -0.1) is 0 Å². The molecule has 3 N–H and O–H groups in total. The molecule has 0 aromatic carbocycles. The van der Waals surface area contributed by atoms with Gasteiger partial charge in [0.2, 0.25) is 0 Å². The molecule has 518 valence electrons. The molecule has 4 aliphatic heterocycles. The number of carbonyl (C=O) groups excluding carboxylic acids is 1. The Morgan fingerprint density at radius 3 is 1.21 bits per heavy atom. The van der Waals surface area contributed by atoms with Crippen molar-refractivity contribution in [3.05, 3.63) is 34.9 Å². The standard InChI is InChI=1S/C29H47NO2.C26H43NO2.C24H36O3.C2H4O2/c1-6-19-10-11-21-24-22(13-15-28(19,21)4)29(5)14-12-20(30-16-8-7-9-17-30)18-23(29)25-26(24)32-27(2,3)31-25;1-4-17-8-9-19-22-20(11-13-25(17,19)2)26(3)12-10-18(27-14-6-5-7-15-27)16-21(26)23(28)24(22)29;1-6-14-7-8-16-19-17(10-12-23(14,16)4)24(5)11-9-15(25)13-18(24)20-21(19)27-22(2,3)26-20;1-2(3)4/h6,20-26H,7-18H2,1-5H3;4,18-24,28-29H,5-16H2,1-3H3;6,16-21H,7-13H2,1-5H3;1H3,(H,3,4)/b19-6-;17-4-;14-6-;/t20?,21?,22?,23?,24?,25-,26-,28-,29-;18?,19?,20?,21?,22?,23-,24-,25-,26-;16?,17?,18?,19?,20-,21-,23-,24-;/m111./s1. The SMILES string of the molecule is C/C=C1/CCC2C3C(CC[C@]12C)[C@@]1(C)CCC(=O)CC1[C@H]1OC(C)(C)O[C@H]31.C/C=C1/CCC2C3C(CC[C@]12C)[C@@]1(C)CCC(N2CCCCC2)CC1[C@@H](O)[C@@H]3O.C/C=C1/CCC2C3C(CC[C@]12C)[C@@]1(C)CCC(N2CCCCC2)CC1[C@H]1OC(C)(C)O[C@H]31.CC(=O)O. The maximum Gasteiger partial charge on any atom is 0.300 e. The van der Waals surface area contributed by atoms with Gasteiger partial charge in [0, 0.05) is 37.8 Å². The maximum absolute atomic E-state index is 12.4. The van der Waals surface area contributed by atoms with Crippen LogP contribution in [-0.2, 0) is 28.5 Å². The van der Waals surface area contributed by atoms with Gasteiger partial charge in [0.25, 0.3) is 5.97 Å². The lowest BCUT2D eigenvalue weighted by Crippen LogP contribution is -2.64. The molecular formula is C81H130N2O9. The fourth-order valence-corrected chi connectivity index (χ4v) is 27.6. The van der Waals surface area contributed by atoms with Crippen LogP contribution in [0, 0.1) is 104 Å². The number of piperidine rings is 2. The minimum absolute atomic E-state index is 0.0903. The smallest absolute Gasteiger partial charge is 0.300 e. The number of hydrogen-bond donors (Lipinski definition) is 3. The molecule has 0 radical (unpaired) electrons. The molecule has 11 nitrogen and oxygen atoms in total. The number of ketones is 1. The summed E-state index contributed by atoms with van der Waals surface area (Å²) < 4.78 is 26.9. The van der Waals surface area contributed by atoms with Crippen molar-refractivity contribution in [2.75, 3.05) is 26.2 Å². The van der Waals surface area contributed by atoms with Crippen LogP contribution in [0.1, 0.15) is 270 Å². The van der Waals surface area contributed by atoms with E-state index in [9.17, 15) is 15.0 Å². The molecule has 16 rings (SSSR count). The predicted octanol–water partition coefficient (Wildman–Crippen LogP) is 16.7. The zero-order valence-electron chi connectivity index (χ0n) is 60.4. The summed E-state index contributed by atoms with van der Waals surface area (Å²) in [6, 6.07) is 1.40. The Kier molecular flexibility index (Phi) is 18.9. The van der Waals surface area contributed by atoms with Crippen LogP contribution in [0.15, 0.2) is 34.9 Å². The van der Waals surface area contributed by atoms with Crippen molar-refractivity contribution in [2.24, 2.45) is 104 Å². The summed E-state index contributed by atoms with van der Waals surface area (Å²) in [5.41, 5.74) is 6.85. The largest absolute Gasteiger partial charge is 0.481 e. The summed E-state index contributed by atoms with van der Waals surface area (Å²) >= 11 is 0. The van der Waals surface area contributed by atoms with E-state index in [1.165, 1.54) is 174 Å². The van der Waals surface area contributed by atoms with Gasteiger partial charge < -0.3 is 44.1 Å². The number of allylic oxidation sites excluding steroid dienone is 6. The molecule has 26 atom stereocenters. The Hall–Kier alpha value is -1.96. The Morgan fingerprint density at radius 1 is 0.424 bits per heavy atom. The molecule has 0 aromatic heterocycles.